The molecule has 1 rings (SSSR count). The number of hydrogen-bond acceptors (Lipinski definition) is 3. The molecular formula is C9H17NO3. The van der Waals surface area contributed by atoms with Crippen molar-refractivity contribution < 1.29 is 14.6 Å². The van der Waals surface area contributed by atoms with E-state index in [9.17, 15) is 4.79 Å². The first kappa shape index (κ1) is 10.5. The molecule has 13 heavy (non-hydrogen) atoms. The van der Waals surface area contributed by atoms with Crippen LogP contribution in [0.3, 0.4) is 0 Å². The average molecular weight is 187 g/mol. The van der Waals surface area contributed by atoms with Gasteiger partial charge in [-0.15, -0.1) is 0 Å². The van der Waals surface area contributed by atoms with Crippen molar-refractivity contribution >= 4 is 5.97 Å². The Kier molecular flexibility index (Phi) is 4.78. The van der Waals surface area contributed by atoms with Crippen molar-refractivity contribution in [2.45, 2.75) is 19.3 Å². The molecule has 1 aliphatic rings. The van der Waals surface area contributed by atoms with Crippen LogP contribution in [-0.4, -0.2) is 37.4 Å². The quantitative estimate of drug-likeness (QED) is 0.614. The van der Waals surface area contributed by atoms with E-state index in [2.05, 4.69) is 5.32 Å². The van der Waals surface area contributed by atoms with Gasteiger partial charge in [0.15, 0.2) is 0 Å². The second-order valence-electron chi connectivity index (χ2n) is 3.40. The summed E-state index contributed by atoms with van der Waals surface area (Å²) < 4.78 is 5.22. The Hall–Kier alpha value is -0.610. The monoisotopic (exact) mass is 187 g/mol. The molecular weight excluding hydrogens is 170 g/mol. The summed E-state index contributed by atoms with van der Waals surface area (Å²) in [6, 6.07) is 0. The molecule has 1 saturated heterocycles. The molecule has 4 heteroatoms. The molecule has 0 aromatic rings. The molecule has 0 aliphatic carbocycles. The zero-order valence-electron chi connectivity index (χ0n) is 7.79. The molecule has 1 aliphatic heterocycles. The molecule has 1 heterocycles. The minimum absolute atomic E-state index is 0.212. The van der Waals surface area contributed by atoms with Gasteiger partial charge in [-0.2, -0.15) is 0 Å². The highest BCUT2D eigenvalue weighted by atomic mass is 16.5. The van der Waals surface area contributed by atoms with Crippen LogP contribution in [0.15, 0.2) is 0 Å². The van der Waals surface area contributed by atoms with Gasteiger partial charge in [0.1, 0.15) is 0 Å². The molecule has 2 N–H and O–H groups in total. The van der Waals surface area contributed by atoms with Crippen LogP contribution in [0.1, 0.15) is 19.3 Å². The lowest BCUT2D eigenvalue weighted by Crippen LogP contribution is -2.29. The number of carbonyl (C=O) groups is 1. The highest BCUT2D eigenvalue weighted by Crippen LogP contribution is 2.12. The summed E-state index contributed by atoms with van der Waals surface area (Å²) in [5, 5.41) is 11.5. The van der Waals surface area contributed by atoms with Crippen molar-refractivity contribution in [2.24, 2.45) is 5.92 Å². The number of carboxylic acid groups (broad SMARTS) is 1. The molecule has 4 nitrogen and oxygen atoms in total. The maximum atomic E-state index is 10.2. The second-order valence-corrected chi connectivity index (χ2v) is 3.40. The summed E-state index contributed by atoms with van der Waals surface area (Å²) in [6.07, 6.45) is 2.41. The summed E-state index contributed by atoms with van der Waals surface area (Å²) in [5.74, 6) is -0.0676. The summed E-state index contributed by atoms with van der Waals surface area (Å²) in [6.45, 7) is 3.21. The normalized spacial score (nSPS) is 18.8. The van der Waals surface area contributed by atoms with Crippen molar-refractivity contribution in [3.05, 3.63) is 0 Å². The van der Waals surface area contributed by atoms with Crippen LogP contribution in [0, 0.1) is 5.92 Å². The molecule has 0 amide bonds. The van der Waals surface area contributed by atoms with Gasteiger partial charge in [-0.05, 0) is 25.3 Å². The topological polar surface area (TPSA) is 58.6 Å². The Morgan fingerprint density at radius 3 is 2.77 bits per heavy atom. The fourth-order valence-electron chi connectivity index (χ4n) is 1.45. The molecule has 76 valence electrons. The lowest BCUT2D eigenvalue weighted by molar-refractivity contribution is -0.136. The van der Waals surface area contributed by atoms with Gasteiger partial charge in [0.2, 0.25) is 0 Å². The first-order valence-electron chi connectivity index (χ1n) is 4.79. The zero-order valence-corrected chi connectivity index (χ0v) is 7.79. The lowest BCUT2D eigenvalue weighted by Gasteiger charge is -2.21. The number of ether oxygens (including phenoxy) is 1. The third-order valence-corrected chi connectivity index (χ3v) is 2.29. The Morgan fingerprint density at radius 1 is 1.46 bits per heavy atom. The summed E-state index contributed by atoms with van der Waals surface area (Å²) in [7, 11) is 0. The van der Waals surface area contributed by atoms with Crippen molar-refractivity contribution in [1.29, 1.82) is 0 Å². The summed E-state index contributed by atoms with van der Waals surface area (Å²) in [4.78, 5) is 10.2. The van der Waals surface area contributed by atoms with Crippen LogP contribution in [-0.2, 0) is 9.53 Å². The number of carboxylic acids is 1. The van der Waals surface area contributed by atoms with E-state index >= 15 is 0 Å². The first-order valence-corrected chi connectivity index (χ1v) is 4.79. The van der Waals surface area contributed by atoms with Gasteiger partial charge in [-0.3, -0.25) is 4.79 Å². The molecule has 0 atom stereocenters. The lowest BCUT2D eigenvalue weighted by atomic mass is 10.0. The third kappa shape index (κ3) is 4.85. The van der Waals surface area contributed by atoms with Crippen molar-refractivity contribution in [3.8, 4) is 0 Å². The van der Waals surface area contributed by atoms with Gasteiger partial charge in [0, 0.05) is 19.8 Å². The molecule has 0 aromatic carbocycles. The molecule has 0 saturated carbocycles. The molecule has 0 unspecified atom stereocenters. The maximum Gasteiger partial charge on any atom is 0.304 e. The van der Waals surface area contributed by atoms with Crippen molar-refractivity contribution in [1.82, 2.24) is 5.32 Å². The zero-order chi connectivity index (χ0) is 9.52. The van der Waals surface area contributed by atoms with Gasteiger partial charge in [0.25, 0.3) is 0 Å². The van der Waals surface area contributed by atoms with Crippen molar-refractivity contribution in [2.75, 3.05) is 26.3 Å². The van der Waals surface area contributed by atoms with E-state index in [4.69, 9.17) is 9.84 Å². The van der Waals surface area contributed by atoms with Gasteiger partial charge in [-0.25, -0.2) is 0 Å². The van der Waals surface area contributed by atoms with Crippen LogP contribution in [0.2, 0.25) is 0 Å². The fourth-order valence-corrected chi connectivity index (χ4v) is 1.45. The average Bonchev–Trinajstić information content (AvgIpc) is 2.14. The Morgan fingerprint density at radius 2 is 2.15 bits per heavy atom. The van der Waals surface area contributed by atoms with Gasteiger partial charge < -0.3 is 15.2 Å². The van der Waals surface area contributed by atoms with E-state index in [1.54, 1.807) is 0 Å². The van der Waals surface area contributed by atoms with Crippen LogP contribution in [0.25, 0.3) is 0 Å². The maximum absolute atomic E-state index is 10.2. The number of aliphatic carboxylic acids is 1. The molecule has 1 fully saturated rings. The van der Waals surface area contributed by atoms with Crippen LogP contribution < -0.4 is 5.32 Å². The smallest absolute Gasteiger partial charge is 0.304 e. The Labute approximate surface area is 78.3 Å². The van der Waals surface area contributed by atoms with E-state index in [-0.39, 0.29) is 6.42 Å². The molecule has 0 spiro atoms. The first-order chi connectivity index (χ1) is 6.29. The predicted octanol–water partition coefficient (Wildman–Crippen LogP) is 0.477. The van der Waals surface area contributed by atoms with Crippen LogP contribution in [0.4, 0.5) is 0 Å². The SMILES string of the molecule is O=C(O)CCNCC1CCOCC1. The molecule has 0 bridgehead atoms. The second kappa shape index (κ2) is 5.94. The minimum Gasteiger partial charge on any atom is -0.481 e. The number of hydrogen-bond donors (Lipinski definition) is 2. The molecule has 0 radical (unpaired) electrons. The van der Waals surface area contributed by atoms with E-state index in [0.29, 0.717) is 12.5 Å². The Bertz CT molecular complexity index is 155. The standard InChI is InChI=1S/C9H17NO3/c11-9(12)1-4-10-7-8-2-5-13-6-3-8/h8,10H,1-7H2,(H,11,12). The minimum atomic E-state index is -0.737. The van der Waals surface area contributed by atoms with E-state index < -0.39 is 5.97 Å². The third-order valence-electron chi connectivity index (χ3n) is 2.29. The largest absolute Gasteiger partial charge is 0.481 e. The van der Waals surface area contributed by atoms with E-state index in [1.165, 1.54) is 0 Å². The summed E-state index contributed by atoms with van der Waals surface area (Å²) in [5.41, 5.74) is 0. The van der Waals surface area contributed by atoms with Gasteiger partial charge in [-0.1, -0.05) is 0 Å². The number of nitrogens with one attached hydrogen (secondary N) is 1. The number of rotatable bonds is 5. The van der Waals surface area contributed by atoms with Gasteiger partial charge >= 0.3 is 5.97 Å². The highest BCUT2D eigenvalue weighted by molar-refractivity contribution is 5.66. The highest BCUT2D eigenvalue weighted by Gasteiger charge is 2.12. The predicted molar refractivity (Wildman–Crippen MR) is 48.7 cm³/mol. The Balaban J connectivity index is 1.95. The van der Waals surface area contributed by atoms with E-state index in [0.717, 1.165) is 32.6 Å². The fraction of sp³-hybridized carbons (Fsp3) is 0.889. The van der Waals surface area contributed by atoms with Crippen molar-refractivity contribution in [3.63, 3.8) is 0 Å². The van der Waals surface area contributed by atoms with Gasteiger partial charge in [0.05, 0.1) is 6.42 Å². The van der Waals surface area contributed by atoms with Crippen LogP contribution >= 0.6 is 0 Å². The summed E-state index contributed by atoms with van der Waals surface area (Å²) >= 11 is 0. The molecule has 0 aromatic heterocycles. The van der Waals surface area contributed by atoms with Crippen LogP contribution in [0.5, 0.6) is 0 Å². The van der Waals surface area contributed by atoms with E-state index in [1.807, 2.05) is 0 Å².